The normalized spacial score (nSPS) is 10.6. The van der Waals surface area contributed by atoms with E-state index in [9.17, 15) is 20.2 Å². The van der Waals surface area contributed by atoms with Crippen LogP contribution in [0.4, 0.5) is 11.4 Å². The number of hydrogen-bond donors (Lipinski definition) is 0. The lowest BCUT2D eigenvalue weighted by atomic mass is 10.1. The third-order valence-electron chi connectivity index (χ3n) is 2.38. The summed E-state index contributed by atoms with van der Waals surface area (Å²) in [5, 5.41) is 22.8. The van der Waals surface area contributed by atoms with E-state index < -0.39 is 21.2 Å². The van der Waals surface area contributed by atoms with E-state index in [4.69, 9.17) is 0 Å². The molecule has 0 amide bonds. The Hall–Kier alpha value is -1.54. The summed E-state index contributed by atoms with van der Waals surface area (Å²) in [6.07, 6.45) is 0. The highest BCUT2D eigenvalue weighted by Crippen LogP contribution is 2.43. The Labute approximate surface area is 117 Å². The van der Waals surface area contributed by atoms with Crippen LogP contribution in [0, 0.1) is 20.2 Å². The van der Waals surface area contributed by atoms with Crippen molar-refractivity contribution >= 4 is 54.0 Å². The van der Waals surface area contributed by atoms with Crippen LogP contribution >= 0.6 is 31.9 Å². The molecule has 18 heavy (non-hydrogen) atoms. The van der Waals surface area contributed by atoms with Crippen molar-refractivity contribution in [2.45, 2.75) is 0 Å². The van der Waals surface area contributed by atoms with Crippen LogP contribution in [0.3, 0.4) is 0 Å². The van der Waals surface area contributed by atoms with Gasteiger partial charge in [0.15, 0.2) is 0 Å². The largest absolute Gasteiger partial charge is 0.360 e. The molecule has 0 atom stereocenters. The van der Waals surface area contributed by atoms with Gasteiger partial charge in [0.25, 0.3) is 0 Å². The molecule has 0 aromatic heterocycles. The Balaban J connectivity index is 3.06. The molecule has 0 saturated heterocycles. The van der Waals surface area contributed by atoms with E-state index in [1.165, 1.54) is 6.07 Å². The molecule has 2 rings (SSSR count). The van der Waals surface area contributed by atoms with Gasteiger partial charge < -0.3 is 0 Å². The van der Waals surface area contributed by atoms with Gasteiger partial charge in [0.1, 0.15) is 4.47 Å². The van der Waals surface area contributed by atoms with E-state index in [2.05, 4.69) is 31.9 Å². The van der Waals surface area contributed by atoms with Crippen molar-refractivity contribution in [3.8, 4) is 0 Å². The van der Waals surface area contributed by atoms with Gasteiger partial charge in [-0.3, -0.25) is 20.2 Å². The maximum Gasteiger partial charge on any atom is 0.360 e. The first-order valence-electron chi connectivity index (χ1n) is 4.63. The number of benzene rings is 2. The van der Waals surface area contributed by atoms with Crippen molar-refractivity contribution in [1.29, 1.82) is 0 Å². The highest BCUT2D eigenvalue weighted by molar-refractivity contribution is 9.11. The molecule has 0 heterocycles. The van der Waals surface area contributed by atoms with Gasteiger partial charge in [0.2, 0.25) is 0 Å². The molecule has 0 aliphatic rings. The van der Waals surface area contributed by atoms with Gasteiger partial charge in [-0.25, -0.2) is 0 Å². The van der Waals surface area contributed by atoms with Gasteiger partial charge in [-0.1, -0.05) is 12.1 Å². The molecule has 0 aliphatic heterocycles. The number of hydrogen-bond acceptors (Lipinski definition) is 4. The van der Waals surface area contributed by atoms with E-state index in [1.807, 2.05) is 0 Å². The minimum Gasteiger partial charge on any atom is -0.258 e. The van der Waals surface area contributed by atoms with E-state index in [-0.39, 0.29) is 9.86 Å². The second kappa shape index (κ2) is 4.62. The highest BCUT2D eigenvalue weighted by Gasteiger charge is 2.32. The maximum atomic E-state index is 11.1. The number of nitro benzene ring substituents is 2. The smallest absolute Gasteiger partial charge is 0.258 e. The molecule has 0 spiro atoms. The van der Waals surface area contributed by atoms with Gasteiger partial charge in [-0.2, -0.15) is 0 Å². The molecule has 0 unspecified atom stereocenters. The Kier molecular flexibility index (Phi) is 3.31. The fourth-order valence-electron chi connectivity index (χ4n) is 1.70. The summed E-state index contributed by atoms with van der Waals surface area (Å²) < 4.78 is 0.534. The predicted molar refractivity (Wildman–Crippen MR) is 72.7 cm³/mol. The molecular formula is C10H4Br2N2O4. The van der Waals surface area contributed by atoms with Gasteiger partial charge in [-0.15, -0.1) is 0 Å². The summed E-state index contributed by atoms with van der Waals surface area (Å²) in [5.74, 6) is 0. The van der Waals surface area contributed by atoms with E-state index >= 15 is 0 Å². The van der Waals surface area contributed by atoms with Crippen LogP contribution in [-0.4, -0.2) is 9.85 Å². The lowest BCUT2D eigenvalue weighted by Crippen LogP contribution is -1.99. The van der Waals surface area contributed by atoms with Crippen LogP contribution in [0.25, 0.3) is 10.8 Å². The van der Waals surface area contributed by atoms with Crippen molar-refractivity contribution < 1.29 is 9.85 Å². The number of rotatable bonds is 2. The van der Waals surface area contributed by atoms with Crippen LogP contribution in [0.5, 0.6) is 0 Å². The first-order chi connectivity index (χ1) is 8.43. The van der Waals surface area contributed by atoms with Crippen molar-refractivity contribution in [3.63, 3.8) is 0 Å². The quantitative estimate of drug-likeness (QED) is 0.581. The Morgan fingerprint density at radius 3 is 2.11 bits per heavy atom. The lowest BCUT2D eigenvalue weighted by Gasteiger charge is -2.04. The Bertz CT molecular complexity index is 687. The summed E-state index contributed by atoms with van der Waals surface area (Å²) in [4.78, 5) is 20.6. The van der Waals surface area contributed by atoms with Crippen LogP contribution in [-0.2, 0) is 0 Å². The molecule has 2 aromatic carbocycles. The molecule has 0 aliphatic carbocycles. The minimum absolute atomic E-state index is 0.0878. The van der Waals surface area contributed by atoms with E-state index in [0.717, 1.165) is 0 Å². The second-order valence-electron chi connectivity index (χ2n) is 3.41. The summed E-state index contributed by atoms with van der Waals surface area (Å²) >= 11 is 6.18. The van der Waals surface area contributed by atoms with Crippen molar-refractivity contribution in [1.82, 2.24) is 0 Å². The van der Waals surface area contributed by atoms with Crippen LogP contribution < -0.4 is 0 Å². The standard InChI is InChI=1S/C10H4Br2N2O4/c11-6-3-1-2-5-4-7(12)9(13(15)16)10(8(5)6)14(17)18/h1-4H. The Morgan fingerprint density at radius 2 is 1.56 bits per heavy atom. The molecule has 0 fully saturated rings. The topological polar surface area (TPSA) is 86.3 Å². The fraction of sp³-hybridized carbons (Fsp3) is 0. The van der Waals surface area contributed by atoms with E-state index in [0.29, 0.717) is 9.86 Å². The molecule has 2 aromatic rings. The van der Waals surface area contributed by atoms with Crippen LogP contribution in [0.2, 0.25) is 0 Å². The van der Waals surface area contributed by atoms with Crippen LogP contribution in [0.15, 0.2) is 33.2 Å². The lowest BCUT2D eigenvalue weighted by molar-refractivity contribution is -0.421. The molecule has 0 bridgehead atoms. The highest BCUT2D eigenvalue weighted by atomic mass is 79.9. The summed E-state index contributed by atoms with van der Waals surface area (Å²) in [5.41, 5.74) is -1.06. The molecule has 0 saturated carbocycles. The number of halogens is 2. The summed E-state index contributed by atoms with van der Waals surface area (Å²) in [7, 11) is 0. The summed E-state index contributed by atoms with van der Waals surface area (Å²) in [6, 6.07) is 6.45. The van der Waals surface area contributed by atoms with Crippen molar-refractivity contribution in [3.05, 3.63) is 53.4 Å². The van der Waals surface area contributed by atoms with Crippen molar-refractivity contribution in [2.24, 2.45) is 0 Å². The molecule has 6 nitrogen and oxygen atoms in total. The van der Waals surface area contributed by atoms with E-state index in [1.54, 1.807) is 18.2 Å². The minimum atomic E-state index is -0.763. The average Bonchev–Trinajstić information content (AvgIpc) is 2.26. The third kappa shape index (κ3) is 1.97. The first-order valence-corrected chi connectivity index (χ1v) is 6.21. The average molecular weight is 376 g/mol. The predicted octanol–water partition coefficient (Wildman–Crippen LogP) is 4.18. The zero-order valence-corrected chi connectivity index (χ0v) is 11.8. The number of nitrogens with zero attached hydrogens (tertiary/aromatic N) is 2. The second-order valence-corrected chi connectivity index (χ2v) is 5.12. The molecule has 92 valence electrons. The van der Waals surface area contributed by atoms with Gasteiger partial charge in [0, 0.05) is 4.47 Å². The number of fused-ring (bicyclic) bond motifs is 1. The zero-order valence-electron chi connectivity index (χ0n) is 8.59. The van der Waals surface area contributed by atoms with Crippen molar-refractivity contribution in [2.75, 3.05) is 0 Å². The van der Waals surface area contributed by atoms with Gasteiger partial charge >= 0.3 is 11.4 Å². The Morgan fingerprint density at radius 1 is 0.944 bits per heavy atom. The molecule has 8 heteroatoms. The molecule has 0 radical (unpaired) electrons. The number of nitro groups is 2. The van der Waals surface area contributed by atoms with Gasteiger partial charge in [0.05, 0.1) is 15.2 Å². The first kappa shape index (κ1) is 12.9. The summed E-state index contributed by atoms with van der Waals surface area (Å²) in [6.45, 7) is 0. The van der Waals surface area contributed by atoms with Gasteiger partial charge in [-0.05, 0) is 49.4 Å². The third-order valence-corrected chi connectivity index (χ3v) is 3.65. The molecule has 0 N–H and O–H groups in total. The van der Waals surface area contributed by atoms with Crippen LogP contribution in [0.1, 0.15) is 0 Å². The fourth-order valence-corrected chi connectivity index (χ4v) is 2.85. The monoisotopic (exact) mass is 374 g/mol. The zero-order chi connectivity index (χ0) is 13.4. The SMILES string of the molecule is O=[N+]([O-])c1c(Br)cc2cccc(Br)c2c1[N+](=O)[O-]. The molecular weight excluding hydrogens is 372 g/mol. The maximum absolute atomic E-state index is 11.1.